The third kappa shape index (κ3) is 5.74. The van der Waals surface area contributed by atoms with E-state index in [0.29, 0.717) is 10.8 Å². The number of aromatic nitrogens is 1. The summed E-state index contributed by atoms with van der Waals surface area (Å²) in [7, 11) is 0. The summed E-state index contributed by atoms with van der Waals surface area (Å²) in [5.74, 6) is -0.296. The zero-order valence-electron chi connectivity index (χ0n) is 16.8. The largest absolute Gasteiger partial charge is 0.344 e. The molecule has 0 radical (unpaired) electrons. The van der Waals surface area contributed by atoms with Crippen molar-refractivity contribution in [3.05, 3.63) is 68.9 Å². The zero-order chi connectivity index (χ0) is 20.8. The molecule has 2 N–H and O–H groups in total. The highest BCUT2D eigenvalue weighted by Crippen LogP contribution is 2.27. The highest BCUT2D eigenvalue weighted by Gasteiger charge is 2.19. The Kier molecular flexibility index (Phi) is 7.17. The number of nitrogens with zero attached hydrogens (tertiary/aromatic N) is 1. The quantitative estimate of drug-likeness (QED) is 0.542. The number of nitrogens with one attached hydrogen (secondary N) is 2. The molecule has 2 aromatic heterocycles. The van der Waals surface area contributed by atoms with E-state index < -0.39 is 0 Å². The van der Waals surface area contributed by atoms with Gasteiger partial charge in [0.05, 0.1) is 18.2 Å². The van der Waals surface area contributed by atoms with Crippen molar-refractivity contribution in [2.75, 3.05) is 5.32 Å². The van der Waals surface area contributed by atoms with E-state index in [9.17, 15) is 9.59 Å². The Morgan fingerprint density at radius 3 is 2.48 bits per heavy atom. The smallest absolute Gasteiger partial charge is 0.228 e. The summed E-state index contributed by atoms with van der Waals surface area (Å²) in [4.78, 5) is 30.0. The van der Waals surface area contributed by atoms with Gasteiger partial charge in [-0.3, -0.25) is 9.59 Å². The van der Waals surface area contributed by atoms with Crippen LogP contribution in [-0.4, -0.2) is 16.8 Å². The molecule has 1 unspecified atom stereocenters. The number of carbonyl (C=O) groups excluding carboxylic acids is 2. The van der Waals surface area contributed by atoms with Crippen LogP contribution in [0, 0.1) is 5.92 Å². The molecule has 29 heavy (non-hydrogen) atoms. The standard InChI is InChI=1S/C22H25N3O2S2/c1-4-15-7-9-16(10-8-15)20(18-6-5-11-28-18)24-19(26)12-17-13-29-22(23-17)25-21(27)14(2)3/h5-11,13-14,20H,4,12H2,1-3H3,(H,24,26)(H,23,25,27). The summed E-state index contributed by atoms with van der Waals surface area (Å²) in [6.07, 6.45) is 1.15. The Balaban J connectivity index is 1.69. The lowest BCUT2D eigenvalue weighted by Crippen LogP contribution is -2.30. The number of hydrogen-bond donors (Lipinski definition) is 2. The van der Waals surface area contributed by atoms with Gasteiger partial charge in [-0.2, -0.15) is 0 Å². The lowest BCUT2D eigenvalue weighted by molar-refractivity contribution is -0.121. The molecule has 5 nitrogen and oxygen atoms in total. The minimum atomic E-state index is -0.188. The fourth-order valence-electron chi connectivity index (χ4n) is 2.79. The monoisotopic (exact) mass is 427 g/mol. The average molecular weight is 428 g/mol. The van der Waals surface area contributed by atoms with Gasteiger partial charge in [0, 0.05) is 16.2 Å². The van der Waals surface area contributed by atoms with E-state index in [0.717, 1.165) is 16.9 Å². The van der Waals surface area contributed by atoms with Crippen molar-refractivity contribution in [1.29, 1.82) is 0 Å². The second-order valence-electron chi connectivity index (χ2n) is 7.08. The predicted molar refractivity (Wildman–Crippen MR) is 119 cm³/mol. The Bertz CT molecular complexity index is 947. The molecule has 7 heteroatoms. The summed E-state index contributed by atoms with van der Waals surface area (Å²) in [6, 6.07) is 12.2. The molecule has 0 saturated carbocycles. The summed E-state index contributed by atoms with van der Waals surface area (Å²) in [5, 5.41) is 10.3. The number of amides is 2. The third-order valence-corrected chi connectivity index (χ3v) is 6.25. The predicted octanol–water partition coefficient (Wildman–Crippen LogP) is 4.81. The first-order chi connectivity index (χ1) is 14.0. The molecular weight excluding hydrogens is 402 g/mol. The second-order valence-corrected chi connectivity index (χ2v) is 8.91. The molecular formula is C22H25N3O2S2. The summed E-state index contributed by atoms with van der Waals surface area (Å²) in [5.41, 5.74) is 2.97. The lowest BCUT2D eigenvalue weighted by Gasteiger charge is -2.18. The molecule has 3 aromatic rings. The number of rotatable bonds is 8. The molecule has 0 fully saturated rings. The second kappa shape index (κ2) is 9.80. The zero-order valence-corrected chi connectivity index (χ0v) is 18.4. The number of thiophene rings is 1. The number of thiazole rings is 1. The molecule has 1 aromatic carbocycles. The minimum Gasteiger partial charge on any atom is -0.344 e. The van der Waals surface area contributed by atoms with E-state index in [4.69, 9.17) is 0 Å². The Labute approximate surface area is 179 Å². The van der Waals surface area contributed by atoms with Crippen LogP contribution in [0.5, 0.6) is 0 Å². The maximum Gasteiger partial charge on any atom is 0.228 e. The molecule has 0 bridgehead atoms. The van der Waals surface area contributed by atoms with Gasteiger partial charge >= 0.3 is 0 Å². The topological polar surface area (TPSA) is 71.1 Å². The third-order valence-electron chi connectivity index (χ3n) is 4.50. The van der Waals surface area contributed by atoms with Crippen molar-refractivity contribution >= 4 is 39.6 Å². The molecule has 2 amide bonds. The molecule has 1 atom stereocenters. The molecule has 0 aliphatic rings. The van der Waals surface area contributed by atoms with E-state index >= 15 is 0 Å². The van der Waals surface area contributed by atoms with Gasteiger partial charge in [-0.15, -0.1) is 22.7 Å². The molecule has 2 heterocycles. The first-order valence-electron chi connectivity index (χ1n) is 9.63. The van der Waals surface area contributed by atoms with Crippen molar-refractivity contribution in [1.82, 2.24) is 10.3 Å². The van der Waals surface area contributed by atoms with Gasteiger partial charge in [-0.05, 0) is 29.0 Å². The van der Waals surface area contributed by atoms with Crippen LogP contribution in [0.4, 0.5) is 5.13 Å². The van der Waals surface area contributed by atoms with Crippen LogP contribution in [0.15, 0.2) is 47.2 Å². The van der Waals surface area contributed by atoms with Crippen molar-refractivity contribution in [3.8, 4) is 0 Å². The van der Waals surface area contributed by atoms with E-state index in [1.165, 1.54) is 16.9 Å². The van der Waals surface area contributed by atoms with Crippen molar-refractivity contribution in [3.63, 3.8) is 0 Å². The molecule has 0 spiro atoms. The van der Waals surface area contributed by atoms with Crippen molar-refractivity contribution in [2.24, 2.45) is 5.92 Å². The van der Waals surface area contributed by atoms with Gasteiger partial charge in [0.2, 0.25) is 11.8 Å². The highest BCUT2D eigenvalue weighted by molar-refractivity contribution is 7.14. The van der Waals surface area contributed by atoms with Gasteiger partial charge in [0.1, 0.15) is 0 Å². The van der Waals surface area contributed by atoms with E-state index in [1.54, 1.807) is 11.3 Å². The molecule has 152 valence electrons. The SMILES string of the molecule is CCc1ccc(C(NC(=O)Cc2csc(NC(=O)C(C)C)n2)c2cccs2)cc1. The van der Waals surface area contributed by atoms with Gasteiger partial charge in [0.25, 0.3) is 0 Å². The van der Waals surface area contributed by atoms with E-state index in [2.05, 4.69) is 46.8 Å². The fourth-order valence-corrected chi connectivity index (χ4v) is 4.31. The first kappa shape index (κ1) is 21.2. The van der Waals surface area contributed by atoms with E-state index in [-0.39, 0.29) is 30.2 Å². The molecule has 0 saturated heterocycles. The summed E-state index contributed by atoms with van der Waals surface area (Å²) >= 11 is 2.96. The summed E-state index contributed by atoms with van der Waals surface area (Å²) < 4.78 is 0. The maximum atomic E-state index is 12.7. The Hall–Kier alpha value is -2.51. The van der Waals surface area contributed by atoms with Crippen LogP contribution in [-0.2, 0) is 22.4 Å². The molecule has 0 aliphatic carbocycles. The van der Waals surface area contributed by atoms with Crippen molar-refractivity contribution < 1.29 is 9.59 Å². The van der Waals surface area contributed by atoms with Gasteiger partial charge in [-0.25, -0.2) is 4.98 Å². The minimum absolute atomic E-state index is 0.0800. The van der Waals surface area contributed by atoms with Crippen LogP contribution in [0.1, 0.15) is 48.5 Å². The molecule has 0 aliphatic heterocycles. The number of benzene rings is 1. The normalized spacial score (nSPS) is 12.0. The number of hydrogen-bond acceptors (Lipinski definition) is 5. The Morgan fingerprint density at radius 2 is 1.86 bits per heavy atom. The average Bonchev–Trinajstić information content (AvgIpc) is 3.38. The van der Waals surface area contributed by atoms with Crippen LogP contribution in [0.3, 0.4) is 0 Å². The molecule has 3 rings (SSSR count). The number of aryl methyl sites for hydroxylation is 1. The van der Waals surface area contributed by atoms with Crippen LogP contribution < -0.4 is 10.6 Å². The lowest BCUT2D eigenvalue weighted by atomic mass is 10.0. The number of anilines is 1. The van der Waals surface area contributed by atoms with Gasteiger partial charge < -0.3 is 10.6 Å². The van der Waals surface area contributed by atoms with Gasteiger partial charge in [-0.1, -0.05) is 51.1 Å². The Morgan fingerprint density at radius 1 is 1.10 bits per heavy atom. The highest BCUT2D eigenvalue weighted by atomic mass is 32.1. The number of carbonyl (C=O) groups is 2. The maximum absolute atomic E-state index is 12.7. The fraction of sp³-hybridized carbons (Fsp3) is 0.318. The van der Waals surface area contributed by atoms with Crippen molar-refractivity contribution in [2.45, 2.75) is 39.7 Å². The van der Waals surface area contributed by atoms with E-state index in [1.807, 2.05) is 36.7 Å². The first-order valence-corrected chi connectivity index (χ1v) is 11.4. The van der Waals surface area contributed by atoms with Crippen LogP contribution in [0.25, 0.3) is 0 Å². The van der Waals surface area contributed by atoms with Crippen LogP contribution in [0.2, 0.25) is 0 Å². The summed E-state index contributed by atoms with van der Waals surface area (Å²) in [6.45, 7) is 5.78. The van der Waals surface area contributed by atoms with Crippen LogP contribution >= 0.6 is 22.7 Å². The van der Waals surface area contributed by atoms with Gasteiger partial charge in [0.15, 0.2) is 5.13 Å².